The van der Waals surface area contributed by atoms with E-state index in [-0.39, 0.29) is 19.0 Å². The molecule has 0 spiro atoms. The molecule has 2 amide bonds. The van der Waals surface area contributed by atoms with Crippen molar-refractivity contribution in [3.8, 4) is 17.2 Å². The van der Waals surface area contributed by atoms with Gasteiger partial charge in [0.1, 0.15) is 19.0 Å². The molecule has 142 valence electrons. The van der Waals surface area contributed by atoms with Crippen molar-refractivity contribution in [3.63, 3.8) is 0 Å². The van der Waals surface area contributed by atoms with E-state index >= 15 is 0 Å². The highest BCUT2D eigenvalue weighted by Crippen LogP contribution is 2.40. The summed E-state index contributed by atoms with van der Waals surface area (Å²) < 4.78 is 21.5. The maximum atomic E-state index is 11.9. The molecule has 1 aliphatic heterocycles. The fraction of sp³-hybridized carbons (Fsp3) is 0.263. The molecule has 0 fully saturated rings. The van der Waals surface area contributed by atoms with Gasteiger partial charge in [-0.15, -0.1) is 0 Å². The average molecular weight is 372 g/mol. The highest BCUT2D eigenvalue weighted by Gasteiger charge is 2.17. The summed E-state index contributed by atoms with van der Waals surface area (Å²) in [5.41, 5.74) is 0.716. The molecule has 2 heterocycles. The highest BCUT2D eigenvalue weighted by atomic mass is 16.6. The molecule has 8 heteroatoms. The minimum atomic E-state index is -0.392. The van der Waals surface area contributed by atoms with Crippen LogP contribution in [-0.2, 0) is 16.1 Å². The van der Waals surface area contributed by atoms with Crippen molar-refractivity contribution in [2.75, 3.05) is 26.9 Å². The molecule has 1 aromatic carbocycles. The van der Waals surface area contributed by atoms with Gasteiger partial charge in [-0.3, -0.25) is 9.59 Å². The lowest BCUT2D eigenvalue weighted by Crippen LogP contribution is -2.35. The van der Waals surface area contributed by atoms with E-state index in [9.17, 15) is 9.59 Å². The standard InChI is InChI=1S/C19H20N2O6/c1-24-15-9-13(10-16-19(15)27-8-7-26-16)4-5-17(22)21-12-18(23)20-11-14-3-2-6-25-14/h2-6,9-10H,7-8,11-12H2,1H3,(H,20,23)(H,21,22)/b5-4+. The first-order valence-corrected chi connectivity index (χ1v) is 8.38. The van der Waals surface area contributed by atoms with E-state index in [1.54, 1.807) is 30.3 Å². The number of rotatable bonds is 7. The van der Waals surface area contributed by atoms with Gasteiger partial charge in [0.25, 0.3) is 0 Å². The zero-order chi connectivity index (χ0) is 19.1. The first kappa shape index (κ1) is 18.4. The Hall–Kier alpha value is -3.42. The predicted molar refractivity (Wildman–Crippen MR) is 96.6 cm³/mol. The second-order valence-corrected chi connectivity index (χ2v) is 5.65. The van der Waals surface area contributed by atoms with Gasteiger partial charge in [-0.05, 0) is 35.9 Å². The van der Waals surface area contributed by atoms with Gasteiger partial charge in [0.2, 0.25) is 17.6 Å². The molecule has 2 N–H and O–H groups in total. The minimum Gasteiger partial charge on any atom is -0.493 e. The number of ether oxygens (including phenoxy) is 3. The summed E-state index contributed by atoms with van der Waals surface area (Å²) in [4.78, 5) is 23.6. The molecule has 0 saturated heterocycles. The number of nitrogens with one attached hydrogen (secondary N) is 2. The summed E-state index contributed by atoms with van der Waals surface area (Å²) in [5, 5.41) is 5.16. The van der Waals surface area contributed by atoms with Crippen LogP contribution >= 0.6 is 0 Å². The Labute approximate surface area is 156 Å². The molecule has 1 aliphatic rings. The monoisotopic (exact) mass is 372 g/mol. The van der Waals surface area contributed by atoms with E-state index in [0.717, 1.165) is 0 Å². The normalized spacial score (nSPS) is 12.6. The number of benzene rings is 1. The first-order chi connectivity index (χ1) is 13.2. The SMILES string of the molecule is COc1cc(/C=C/C(=O)NCC(=O)NCc2ccco2)cc2c1OCCO2. The fourth-order valence-electron chi connectivity index (χ4n) is 2.45. The minimum absolute atomic E-state index is 0.131. The fourth-order valence-corrected chi connectivity index (χ4v) is 2.45. The molecule has 8 nitrogen and oxygen atoms in total. The van der Waals surface area contributed by atoms with E-state index in [1.165, 1.54) is 19.4 Å². The van der Waals surface area contributed by atoms with Gasteiger partial charge in [-0.2, -0.15) is 0 Å². The molecule has 3 rings (SSSR count). The lowest BCUT2D eigenvalue weighted by atomic mass is 10.1. The summed E-state index contributed by atoms with van der Waals surface area (Å²) >= 11 is 0. The Morgan fingerprint density at radius 1 is 1.22 bits per heavy atom. The van der Waals surface area contributed by atoms with Gasteiger partial charge in [0.15, 0.2) is 11.5 Å². The number of amides is 2. The Bertz CT molecular complexity index is 812. The molecule has 0 atom stereocenters. The van der Waals surface area contributed by atoms with Crippen LogP contribution in [0.1, 0.15) is 11.3 Å². The second-order valence-electron chi connectivity index (χ2n) is 5.65. The maximum absolute atomic E-state index is 11.9. The zero-order valence-corrected chi connectivity index (χ0v) is 14.8. The molecule has 0 bridgehead atoms. The zero-order valence-electron chi connectivity index (χ0n) is 14.8. The number of carbonyl (C=O) groups excluding carboxylic acids is 2. The molecule has 0 unspecified atom stereocenters. The molecule has 0 radical (unpaired) electrons. The van der Waals surface area contributed by atoms with Crippen LogP contribution in [-0.4, -0.2) is 38.7 Å². The van der Waals surface area contributed by atoms with Crippen molar-refractivity contribution >= 4 is 17.9 Å². The van der Waals surface area contributed by atoms with Crippen molar-refractivity contribution in [1.29, 1.82) is 0 Å². The third-order valence-electron chi connectivity index (χ3n) is 3.74. The van der Waals surface area contributed by atoms with E-state index in [0.29, 0.717) is 41.8 Å². The first-order valence-electron chi connectivity index (χ1n) is 8.38. The largest absolute Gasteiger partial charge is 0.493 e. The lowest BCUT2D eigenvalue weighted by molar-refractivity contribution is -0.124. The van der Waals surface area contributed by atoms with E-state index in [4.69, 9.17) is 18.6 Å². The van der Waals surface area contributed by atoms with Crippen molar-refractivity contribution in [2.45, 2.75) is 6.54 Å². The number of hydrogen-bond donors (Lipinski definition) is 2. The maximum Gasteiger partial charge on any atom is 0.244 e. The number of furan rings is 1. The van der Waals surface area contributed by atoms with Gasteiger partial charge in [0.05, 0.1) is 26.5 Å². The molecular formula is C19H20N2O6. The number of hydrogen-bond acceptors (Lipinski definition) is 6. The highest BCUT2D eigenvalue weighted by molar-refractivity contribution is 5.94. The topological polar surface area (TPSA) is 99.0 Å². The number of fused-ring (bicyclic) bond motifs is 1. The Balaban J connectivity index is 1.51. The Morgan fingerprint density at radius 3 is 2.85 bits per heavy atom. The number of methoxy groups -OCH3 is 1. The molecule has 2 aromatic rings. The quantitative estimate of drug-likeness (QED) is 0.715. The van der Waals surface area contributed by atoms with E-state index in [2.05, 4.69) is 10.6 Å². The van der Waals surface area contributed by atoms with Gasteiger partial charge in [-0.1, -0.05) is 0 Å². The summed E-state index contributed by atoms with van der Waals surface area (Å²) in [6.45, 7) is 1.06. The van der Waals surface area contributed by atoms with Crippen LogP contribution in [0.2, 0.25) is 0 Å². The molecule has 1 aromatic heterocycles. The van der Waals surface area contributed by atoms with Crippen LogP contribution in [0, 0.1) is 0 Å². The van der Waals surface area contributed by atoms with Crippen LogP contribution in [0.25, 0.3) is 6.08 Å². The van der Waals surface area contributed by atoms with Crippen LogP contribution < -0.4 is 24.8 Å². The van der Waals surface area contributed by atoms with Crippen molar-refractivity contribution in [3.05, 3.63) is 47.9 Å². The lowest BCUT2D eigenvalue weighted by Gasteiger charge is -2.20. The molecular weight excluding hydrogens is 352 g/mol. The number of carbonyl (C=O) groups is 2. The average Bonchev–Trinajstić information content (AvgIpc) is 3.22. The van der Waals surface area contributed by atoms with Crippen LogP contribution in [0.3, 0.4) is 0 Å². The molecule has 0 saturated carbocycles. The summed E-state index contributed by atoms with van der Waals surface area (Å²) in [6, 6.07) is 6.99. The second kappa shape index (κ2) is 8.79. The van der Waals surface area contributed by atoms with Crippen molar-refractivity contribution < 1.29 is 28.2 Å². The van der Waals surface area contributed by atoms with Gasteiger partial charge in [-0.25, -0.2) is 0 Å². The van der Waals surface area contributed by atoms with Crippen LogP contribution in [0.4, 0.5) is 0 Å². The van der Waals surface area contributed by atoms with Gasteiger partial charge >= 0.3 is 0 Å². The van der Waals surface area contributed by atoms with Gasteiger partial charge in [0, 0.05) is 6.08 Å². The summed E-state index contributed by atoms with van der Waals surface area (Å²) in [7, 11) is 1.54. The Morgan fingerprint density at radius 2 is 2.07 bits per heavy atom. The van der Waals surface area contributed by atoms with Gasteiger partial charge < -0.3 is 29.3 Å². The van der Waals surface area contributed by atoms with Crippen LogP contribution in [0.15, 0.2) is 41.0 Å². The third-order valence-corrected chi connectivity index (χ3v) is 3.74. The third kappa shape index (κ3) is 5.04. The predicted octanol–water partition coefficient (Wildman–Crippen LogP) is 1.51. The van der Waals surface area contributed by atoms with Crippen molar-refractivity contribution in [1.82, 2.24) is 10.6 Å². The summed E-state index contributed by atoms with van der Waals surface area (Å²) in [6.07, 6.45) is 4.47. The van der Waals surface area contributed by atoms with Crippen LogP contribution in [0.5, 0.6) is 17.2 Å². The van der Waals surface area contributed by atoms with Crippen molar-refractivity contribution in [2.24, 2.45) is 0 Å². The van der Waals surface area contributed by atoms with E-state index < -0.39 is 5.91 Å². The molecule has 0 aliphatic carbocycles. The smallest absolute Gasteiger partial charge is 0.244 e. The Kier molecular flexibility index (Phi) is 5.98. The molecule has 27 heavy (non-hydrogen) atoms. The van der Waals surface area contributed by atoms with E-state index in [1.807, 2.05) is 0 Å². The summed E-state index contributed by atoms with van der Waals surface area (Å²) in [5.74, 6) is 1.59.